The summed E-state index contributed by atoms with van der Waals surface area (Å²) in [5.41, 5.74) is 0.887. The van der Waals surface area contributed by atoms with Gasteiger partial charge in [-0.2, -0.15) is 0 Å². The van der Waals surface area contributed by atoms with E-state index in [1.807, 2.05) is 20.8 Å². The number of aromatic carboxylic acids is 1. The lowest BCUT2D eigenvalue weighted by atomic mass is 10.1. The van der Waals surface area contributed by atoms with Gasteiger partial charge in [0.1, 0.15) is 5.00 Å². The number of hydrogen-bond donors (Lipinski definition) is 3. The van der Waals surface area contributed by atoms with E-state index in [2.05, 4.69) is 10.6 Å². The zero-order valence-electron chi connectivity index (χ0n) is 11.7. The number of carbonyl (C=O) groups is 2. The van der Waals surface area contributed by atoms with Gasteiger partial charge in [-0.05, 0) is 32.3 Å². The highest BCUT2D eigenvalue weighted by molar-refractivity contribution is 7.16. The van der Waals surface area contributed by atoms with Crippen molar-refractivity contribution >= 4 is 28.3 Å². The molecule has 19 heavy (non-hydrogen) atoms. The van der Waals surface area contributed by atoms with E-state index < -0.39 is 5.97 Å². The van der Waals surface area contributed by atoms with Gasteiger partial charge < -0.3 is 10.4 Å². The fourth-order valence-electron chi connectivity index (χ4n) is 1.79. The largest absolute Gasteiger partial charge is 0.478 e. The van der Waals surface area contributed by atoms with E-state index in [1.54, 1.807) is 6.92 Å². The summed E-state index contributed by atoms with van der Waals surface area (Å²) in [5.74, 6) is -1.01. The van der Waals surface area contributed by atoms with Crippen molar-refractivity contribution in [3.8, 4) is 0 Å². The van der Waals surface area contributed by atoms with Crippen LogP contribution in [-0.4, -0.2) is 23.1 Å². The zero-order valence-corrected chi connectivity index (χ0v) is 12.5. The van der Waals surface area contributed by atoms with Crippen LogP contribution < -0.4 is 10.6 Å². The Morgan fingerprint density at radius 2 is 1.84 bits per heavy atom. The number of urea groups is 1. The molecule has 0 radical (unpaired) electrons. The van der Waals surface area contributed by atoms with Gasteiger partial charge in [-0.3, -0.25) is 5.32 Å². The van der Waals surface area contributed by atoms with E-state index >= 15 is 0 Å². The monoisotopic (exact) mass is 284 g/mol. The predicted octanol–water partition coefficient (Wildman–Crippen LogP) is 3.37. The molecule has 0 bridgehead atoms. The maximum Gasteiger partial charge on any atom is 0.338 e. The fourth-order valence-corrected chi connectivity index (χ4v) is 2.84. The molecule has 0 spiro atoms. The Hall–Kier alpha value is -1.56. The molecule has 0 fully saturated rings. The van der Waals surface area contributed by atoms with Crippen LogP contribution in [0.25, 0.3) is 0 Å². The van der Waals surface area contributed by atoms with Crippen molar-refractivity contribution in [1.82, 2.24) is 5.32 Å². The summed E-state index contributed by atoms with van der Waals surface area (Å²) in [6, 6.07) is -0.243. The van der Waals surface area contributed by atoms with Gasteiger partial charge in [0.15, 0.2) is 0 Å². The second-order valence-corrected chi connectivity index (χ2v) is 5.63. The molecule has 0 unspecified atom stereocenters. The molecule has 0 saturated heterocycles. The molecule has 1 rings (SSSR count). The third-order valence-electron chi connectivity index (χ3n) is 3.15. The lowest BCUT2D eigenvalue weighted by molar-refractivity contribution is 0.0697. The smallest absolute Gasteiger partial charge is 0.338 e. The highest BCUT2D eigenvalue weighted by Gasteiger charge is 2.20. The first kappa shape index (κ1) is 15.5. The quantitative estimate of drug-likeness (QED) is 0.775. The second kappa shape index (κ2) is 6.56. The molecule has 1 heterocycles. The van der Waals surface area contributed by atoms with Gasteiger partial charge in [-0.15, -0.1) is 11.3 Å². The second-order valence-electron chi connectivity index (χ2n) is 4.40. The Bertz CT molecular complexity index is 478. The minimum absolute atomic E-state index is 0.107. The Morgan fingerprint density at radius 3 is 2.32 bits per heavy atom. The standard InChI is InChI=1S/C13H20N2O3S/c1-5-9(6-2)14-13(18)15-11-10(12(16)17)7(3)8(4)19-11/h9H,5-6H2,1-4H3,(H,16,17)(H2,14,15,18). The van der Waals surface area contributed by atoms with E-state index in [0.717, 1.165) is 17.7 Å². The van der Waals surface area contributed by atoms with Crippen LogP contribution in [0.3, 0.4) is 0 Å². The van der Waals surface area contributed by atoms with Crippen molar-refractivity contribution in [2.45, 2.75) is 46.6 Å². The van der Waals surface area contributed by atoms with Gasteiger partial charge in [0.05, 0.1) is 5.56 Å². The lowest BCUT2D eigenvalue weighted by Crippen LogP contribution is -2.37. The Kier molecular flexibility index (Phi) is 5.35. The summed E-state index contributed by atoms with van der Waals surface area (Å²) < 4.78 is 0. The normalized spacial score (nSPS) is 10.6. The molecule has 6 heteroatoms. The van der Waals surface area contributed by atoms with Gasteiger partial charge in [0.2, 0.25) is 0 Å². The van der Waals surface area contributed by atoms with E-state index in [1.165, 1.54) is 11.3 Å². The van der Waals surface area contributed by atoms with Crippen molar-refractivity contribution in [3.05, 3.63) is 16.0 Å². The van der Waals surface area contributed by atoms with E-state index in [9.17, 15) is 14.7 Å². The molecule has 5 nitrogen and oxygen atoms in total. The average Bonchev–Trinajstić information content (AvgIpc) is 2.61. The Balaban J connectivity index is 2.85. The molecule has 0 saturated carbocycles. The average molecular weight is 284 g/mol. The number of hydrogen-bond acceptors (Lipinski definition) is 3. The Morgan fingerprint density at radius 1 is 1.26 bits per heavy atom. The number of thiophene rings is 1. The first-order valence-corrected chi connectivity index (χ1v) is 7.13. The zero-order chi connectivity index (χ0) is 14.6. The molecular weight excluding hydrogens is 264 g/mol. The minimum Gasteiger partial charge on any atom is -0.478 e. The maximum absolute atomic E-state index is 11.8. The van der Waals surface area contributed by atoms with Crippen molar-refractivity contribution < 1.29 is 14.7 Å². The van der Waals surface area contributed by atoms with Crippen molar-refractivity contribution in [3.63, 3.8) is 0 Å². The number of anilines is 1. The summed E-state index contributed by atoms with van der Waals surface area (Å²) in [7, 11) is 0. The molecule has 1 aromatic heterocycles. The molecule has 0 aliphatic heterocycles. The summed E-state index contributed by atoms with van der Waals surface area (Å²) in [4.78, 5) is 23.9. The van der Waals surface area contributed by atoms with Crippen molar-refractivity contribution in [1.29, 1.82) is 0 Å². The SMILES string of the molecule is CCC(CC)NC(=O)Nc1sc(C)c(C)c1C(=O)O. The molecular formula is C13H20N2O3S. The minimum atomic E-state index is -1.01. The maximum atomic E-state index is 11.8. The van der Waals surface area contributed by atoms with E-state index in [4.69, 9.17) is 0 Å². The van der Waals surface area contributed by atoms with Crippen LogP contribution >= 0.6 is 11.3 Å². The molecule has 3 N–H and O–H groups in total. The highest BCUT2D eigenvalue weighted by atomic mass is 32.1. The van der Waals surface area contributed by atoms with Gasteiger partial charge in [-0.1, -0.05) is 13.8 Å². The number of nitrogens with one attached hydrogen (secondary N) is 2. The van der Waals surface area contributed by atoms with Crippen LogP contribution in [-0.2, 0) is 0 Å². The first-order valence-electron chi connectivity index (χ1n) is 6.31. The summed E-state index contributed by atoms with van der Waals surface area (Å²) in [6.45, 7) is 7.59. The third kappa shape index (κ3) is 3.70. The summed E-state index contributed by atoms with van der Waals surface area (Å²) in [6.07, 6.45) is 1.69. The number of aryl methyl sites for hydroxylation is 1. The fraction of sp³-hybridized carbons (Fsp3) is 0.538. The molecule has 0 aliphatic carbocycles. The number of rotatable bonds is 5. The number of carboxylic acids is 1. The molecule has 0 aromatic carbocycles. The molecule has 0 aliphatic rings. The van der Waals surface area contributed by atoms with Gasteiger partial charge >= 0.3 is 12.0 Å². The first-order chi connectivity index (χ1) is 8.90. The lowest BCUT2D eigenvalue weighted by Gasteiger charge is -2.15. The van der Waals surface area contributed by atoms with Gasteiger partial charge in [-0.25, -0.2) is 9.59 Å². The van der Waals surface area contributed by atoms with Gasteiger partial charge in [0.25, 0.3) is 0 Å². The number of carbonyl (C=O) groups excluding carboxylic acids is 1. The number of carboxylic acid groups (broad SMARTS) is 1. The van der Waals surface area contributed by atoms with Gasteiger partial charge in [0, 0.05) is 10.9 Å². The third-order valence-corrected chi connectivity index (χ3v) is 4.27. The Labute approximate surface area is 117 Å². The topological polar surface area (TPSA) is 78.4 Å². The van der Waals surface area contributed by atoms with Crippen LogP contribution in [0.1, 0.15) is 47.5 Å². The summed E-state index contributed by atoms with van der Waals surface area (Å²) >= 11 is 1.29. The molecule has 1 aromatic rings. The predicted molar refractivity (Wildman–Crippen MR) is 77.3 cm³/mol. The van der Waals surface area contributed by atoms with Crippen molar-refractivity contribution in [2.75, 3.05) is 5.32 Å². The van der Waals surface area contributed by atoms with Crippen LogP contribution in [0.4, 0.5) is 9.80 Å². The summed E-state index contributed by atoms with van der Waals surface area (Å²) in [5, 5.41) is 15.0. The van der Waals surface area contributed by atoms with E-state index in [-0.39, 0.29) is 17.6 Å². The van der Waals surface area contributed by atoms with Crippen LogP contribution in [0.5, 0.6) is 0 Å². The van der Waals surface area contributed by atoms with Crippen LogP contribution in [0.2, 0.25) is 0 Å². The highest BCUT2D eigenvalue weighted by Crippen LogP contribution is 2.32. The molecule has 106 valence electrons. The van der Waals surface area contributed by atoms with Crippen LogP contribution in [0.15, 0.2) is 0 Å². The molecule has 0 atom stereocenters. The molecule has 2 amide bonds. The van der Waals surface area contributed by atoms with E-state index in [0.29, 0.717) is 10.6 Å². The number of amides is 2. The van der Waals surface area contributed by atoms with Crippen LogP contribution in [0, 0.1) is 13.8 Å². The van der Waals surface area contributed by atoms with Crippen molar-refractivity contribution in [2.24, 2.45) is 0 Å².